The summed E-state index contributed by atoms with van der Waals surface area (Å²) in [6.07, 6.45) is 2.35. The second-order valence-electron chi connectivity index (χ2n) is 7.45. The molecule has 2 N–H and O–H groups in total. The highest BCUT2D eigenvalue weighted by Crippen LogP contribution is 2.37. The zero-order valence-electron chi connectivity index (χ0n) is 12.4. The summed E-state index contributed by atoms with van der Waals surface area (Å²) in [5.74, 6) is 0.463. The van der Waals surface area contributed by atoms with Crippen molar-refractivity contribution >= 4 is 0 Å². The Labute approximate surface area is 116 Å². The highest BCUT2D eigenvalue weighted by Gasteiger charge is 2.49. The van der Waals surface area contributed by atoms with E-state index >= 15 is 0 Å². The molecule has 2 bridgehead atoms. The lowest BCUT2D eigenvalue weighted by molar-refractivity contribution is -0.927. The first kappa shape index (κ1) is 13.1. The van der Waals surface area contributed by atoms with E-state index in [1.54, 1.807) is 4.90 Å². The molecule has 3 aliphatic rings. The van der Waals surface area contributed by atoms with Crippen LogP contribution < -0.4 is 4.90 Å². The largest absolute Gasteiger partial charge is 0.379 e. The van der Waals surface area contributed by atoms with Gasteiger partial charge in [0.25, 0.3) is 0 Å². The fraction of sp³-hybridized carbons (Fsp3) is 0.647. The van der Waals surface area contributed by atoms with Crippen LogP contribution in [-0.4, -0.2) is 24.7 Å². The first-order valence-corrected chi connectivity index (χ1v) is 7.56. The summed E-state index contributed by atoms with van der Waals surface area (Å²) in [7, 11) is 0. The van der Waals surface area contributed by atoms with Crippen LogP contribution in [0.3, 0.4) is 0 Å². The fourth-order valence-corrected chi connectivity index (χ4v) is 3.80. The van der Waals surface area contributed by atoms with Crippen molar-refractivity contribution < 1.29 is 10.0 Å². The van der Waals surface area contributed by atoms with Gasteiger partial charge in [0.1, 0.15) is 12.1 Å². The quantitative estimate of drug-likeness (QED) is 0.785. The molecule has 1 aromatic rings. The van der Waals surface area contributed by atoms with Crippen LogP contribution in [0.4, 0.5) is 0 Å². The van der Waals surface area contributed by atoms with Gasteiger partial charge in [-0.05, 0) is 16.5 Å². The van der Waals surface area contributed by atoms with Crippen molar-refractivity contribution in [2.24, 2.45) is 5.92 Å². The van der Waals surface area contributed by atoms with Gasteiger partial charge in [0.05, 0.1) is 13.1 Å². The van der Waals surface area contributed by atoms with E-state index in [1.165, 1.54) is 31.5 Å². The zero-order chi connectivity index (χ0) is 13.7. The van der Waals surface area contributed by atoms with Crippen molar-refractivity contribution in [3.8, 4) is 0 Å². The summed E-state index contributed by atoms with van der Waals surface area (Å²) >= 11 is 0. The summed E-state index contributed by atoms with van der Waals surface area (Å²) < 4.78 is 0. The van der Waals surface area contributed by atoms with Gasteiger partial charge in [-0.3, -0.25) is 0 Å². The van der Waals surface area contributed by atoms with Crippen molar-refractivity contribution in [3.05, 3.63) is 35.4 Å². The van der Waals surface area contributed by atoms with Gasteiger partial charge in [-0.25, -0.2) is 0 Å². The van der Waals surface area contributed by atoms with Crippen LogP contribution >= 0.6 is 0 Å². The molecule has 1 atom stereocenters. The van der Waals surface area contributed by atoms with Crippen molar-refractivity contribution in [3.63, 3.8) is 0 Å². The van der Waals surface area contributed by atoms with E-state index in [9.17, 15) is 5.11 Å². The van der Waals surface area contributed by atoms with Crippen molar-refractivity contribution in [1.82, 2.24) is 0 Å². The maximum atomic E-state index is 11.1. The van der Waals surface area contributed by atoms with Gasteiger partial charge >= 0.3 is 0 Å². The van der Waals surface area contributed by atoms with Gasteiger partial charge in [0.15, 0.2) is 0 Å². The van der Waals surface area contributed by atoms with E-state index < -0.39 is 5.60 Å². The molecule has 0 spiro atoms. The number of hydrogen-bond acceptors (Lipinski definition) is 1. The number of piperidine rings is 3. The first-order chi connectivity index (χ1) is 8.89. The van der Waals surface area contributed by atoms with Crippen LogP contribution in [0, 0.1) is 5.92 Å². The molecular formula is C17H26NO+. The molecule has 4 rings (SSSR count). The standard InChI is InChI=1S/C17H25NO/c1-16(2,3)13-4-6-14(7-5-13)17(19)12-18-10-8-15(17)9-11-18/h4-7,15,19H,8-12H2,1-3H3/p+1/t17-/m1/s1. The summed E-state index contributed by atoms with van der Waals surface area (Å²) in [5.41, 5.74) is 2.07. The van der Waals surface area contributed by atoms with E-state index in [2.05, 4.69) is 45.0 Å². The Balaban J connectivity index is 1.90. The molecule has 3 fully saturated rings. The average Bonchev–Trinajstić information content (AvgIpc) is 2.39. The Morgan fingerprint density at radius 2 is 1.68 bits per heavy atom. The molecule has 2 heteroatoms. The third-order valence-corrected chi connectivity index (χ3v) is 5.14. The van der Waals surface area contributed by atoms with Crippen molar-refractivity contribution in [1.29, 1.82) is 0 Å². The lowest BCUT2D eigenvalue weighted by Gasteiger charge is -2.47. The zero-order valence-corrected chi connectivity index (χ0v) is 12.4. The topological polar surface area (TPSA) is 24.7 Å². The van der Waals surface area contributed by atoms with Crippen LogP contribution in [-0.2, 0) is 11.0 Å². The van der Waals surface area contributed by atoms with Gasteiger partial charge < -0.3 is 10.0 Å². The van der Waals surface area contributed by atoms with E-state index in [4.69, 9.17) is 0 Å². The molecule has 2 nitrogen and oxygen atoms in total. The predicted octanol–water partition coefficient (Wildman–Crippen LogP) is 1.48. The Morgan fingerprint density at radius 1 is 1.11 bits per heavy atom. The van der Waals surface area contributed by atoms with Crippen LogP contribution in [0.5, 0.6) is 0 Å². The highest BCUT2D eigenvalue weighted by molar-refractivity contribution is 5.31. The number of nitrogens with one attached hydrogen (secondary N) is 1. The van der Waals surface area contributed by atoms with Crippen molar-refractivity contribution in [2.75, 3.05) is 19.6 Å². The van der Waals surface area contributed by atoms with Gasteiger partial charge in [-0.2, -0.15) is 0 Å². The summed E-state index contributed by atoms with van der Waals surface area (Å²) in [6, 6.07) is 8.70. The highest BCUT2D eigenvalue weighted by atomic mass is 16.3. The molecule has 0 aromatic heterocycles. The third-order valence-electron chi connectivity index (χ3n) is 5.14. The Kier molecular flexibility index (Phi) is 2.99. The number of aliphatic hydroxyl groups is 1. The minimum absolute atomic E-state index is 0.182. The lowest BCUT2D eigenvalue weighted by Crippen LogP contribution is -3.17. The number of hydrogen-bond donors (Lipinski definition) is 2. The lowest BCUT2D eigenvalue weighted by atomic mass is 9.71. The molecule has 19 heavy (non-hydrogen) atoms. The molecule has 0 unspecified atom stereocenters. The first-order valence-electron chi connectivity index (χ1n) is 7.56. The second-order valence-corrected chi connectivity index (χ2v) is 7.45. The van der Waals surface area contributed by atoms with Gasteiger partial charge in [-0.15, -0.1) is 0 Å². The molecule has 104 valence electrons. The maximum absolute atomic E-state index is 11.1. The minimum Gasteiger partial charge on any atom is -0.379 e. The number of benzene rings is 1. The summed E-state index contributed by atoms with van der Waals surface area (Å²) in [4.78, 5) is 1.57. The molecular weight excluding hydrogens is 234 g/mol. The Morgan fingerprint density at radius 3 is 2.11 bits per heavy atom. The molecule has 0 aliphatic carbocycles. The van der Waals surface area contributed by atoms with Crippen molar-refractivity contribution in [2.45, 2.75) is 44.6 Å². The van der Waals surface area contributed by atoms with E-state index in [1.807, 2.05) is 0 Å². The second kappa shape index (κ2) is 4.32. The minimum atomic E-state index is -0.581. The molecule has 0 amide bonds. The normalized spacial score (nSPS) is 34.5. The predicted molar refractivity (Wildman–Crippen MR) is 77.3 cm³/mol. The maximum Gasteiger partial charge on any atom is 0.141 e. The molecule has 0 saturated carbocycles. The molecule has 3 heterocycles. The average molecular weight is 260 g/mol. The van der Waals surface area contributed by atoms with Crippen LogP contribution in [0.25, 0.3) is 0 Å². The van der Waals surface area contributed by atoms with Crippen LogP contribution in [0.1, 0.15) is 44.7 Å². The van der Waals surface area contributed by atoms with Crippen LogP contribution in [0.15, 0.2) is 24.3 Å². The number of fused-ring (bicyclic) bond motifs is 3. The smallest absolute Gasteiger partial charge is 0.141 e. The number of rotatable bonds is 1. The van der Waals surface area contributed by atoms with E-state index in [-0.39, 0.29) is 5.41 Å². The van der Waals surface area contributed by atoms with E-state index in [0.717, 1.165) is 12.1 Å². The molecule has 3 aliphatic heterocycles. The van der Waals surface area contributed by atoms with Gasteiger partial charge in [0.2, 0.25) is 0 Å². The van der Waals surface area contributed by atoms with Gasteiger partial charge in [-0.1, -0.05) is 45.0 Å². The SMILES string of the molecule is CC(C)(C)c1ccc([C@]2(O)C[NH+]3CCC2CC3)cc1. The van der Waals surface area contributed by atoms with E-state index in [0.29, 0.717) is 5.92 Å². The summed E-state index contributed by atoms with van der Waals surface area (Å²) in [5, 5.41) is 11.1. The third kappa shape index (κ3) is 2.21. The molecule has 0 radical (unpaired) electrons. The number of quaternary nitrogens is 1. The molecule has 3 saturated heterocycles. The van der Waals surface area contributed by atoms with Gasteiger partial charge in [0, 0.05) is 18.8 Å². The monoisotopic (exact) mass is 260 g/mol. The van der Waals surface area contributed by atoms with Crippen LogP contribution in [0.2, 0.25) is 0 Å². The Bertz CT molecular complexity index is 451. The molecule has 1 aromatic carbocycles. The fourth-order valence-electron chi connectivity index (χ4n) is 3.80. The Hall–Kier alpha value is -0.860. The summed E-state index contributed by atoms with van der Waals surface area (Å²) in [6.45, 7) is 10.1.